The van der Waals surface area contributed by atoms with Crippen molar-refractivity contribution in [1.82, 2.24) is 5.32 Å². The van der Waals surface area contributed by atoms with E-state index in [-0.39, 0.29) is 49.8 Å². The van der Waals surface area contributed by atoms with Crippen LogP contribution in [0.4, 0.5) is 5.69 Å². The number of carbonyl (C=O) groups is 2. The Bertz CT molecular complexity index is 485. The maximum absolute atomic E-state index is 11.9. The number of halogens is 1. The lowest BCUT2D eigenvalue weighted by atomic mass is 10.1. The lowest BCUT2D eigenvalue weighted by molar-refractivity contribution is -0.125. The zero-order valence-electron chi connectivity index (χ0n) is 13.1. The van der Waals surface area contributed by atoms with Gasteiger partial charge in [-0.1, -0.05) is 18.2 Å². The molecule has 2 amide bonds. The normalized spacial score (nSPS) is 11.3. The number of para-hydroxylation sites is 1. The van der Waals surface area contributed by atoms with E-state index in [4.69, 9.17) is 10.5 Å². The highest BCUT2D eigenvalue weighted by Crippen LogP contribution is 2.18. The number of methoxy groups -OCH3 is 1. The third-order valence-corrected chi connectivity index (χ3v) is 3.20. The van der Waals surface area contributed by atoms with Crippen LogP contribution in [0.2, 0.25) is 0 Å². The van der Waals surface area contributed by atoms with Crippen LogP contribution in [0, 0.1) is 13.8 Å². The number of nitrogens with one attached hydrogen (secondary N) is 2. The Labute approximate surface area is 137 Å². The first-order valence-corrected chi connectivity index (χ1v) is 6.83. The lowest BCUT2D eigenvalue weighted by Crippen LogP contribution is -2.36. The van der Waals surface area contributed by atoms with Gasteiger partial charge in [0.05, 0.1) is 19.1 Å². The van der Waals surface area contributed by atoms with E-state index in [0.717, 1.165) is 16.8 Å². The molecule has 124 valence electrons. The second-order valence-corrected chi connectivity index (χ2v) is 4.89. The third-order valence-electron chi connectivity index (χ3n) is 3.20. The number of anilines is 1. The molecule has 7 heteroatoms. The Morgan fingerprint density at radius 1 is 1.23 bits per heavy atom. The van der Waals surface area contributed by atoms with Crippen LogP contribution in [0.1, 0.15) is 17.5 Å². The van der Waals surface area contributed by atoms with Crippen molar-refractivity contribution in [2.45, 2.75) is 26.4 Å². The molecule has 22 heavy (non-hydrogen) atoms. The van der Waals surface area contributed by atoms with Crippen molar-refractivity contribution in [2.24, 2.45) is 5.73 Å². The number of carbonyl (C=O) groups excluding carboxylic acids is 2. The Morgan fingerprint density at radius 3 is 2.32 bits per heavy atom. The fourth-order valence-electron chi connectivity index (χ4n) is 1.92. The minimum absolute atomic E-state index is 0. The van der Waals surface area contributed by atoms with Crippen molar-refractivity contribution in [2.75, 3.05) is 25.5 Å². The number of rotatable bonds is 7. The summed E-state index contributed by atoms with van der Waals surface area (Å²) in [6.45, 7) is 4.03. The van der Waals surface area contributed by atoms with Crippen LogP contribution >= 0.6 is 12.4 Å². The van der Waals surface area contributed by atoms with E-state index in [9.17, 15) is 9.59 Å². The van der Waals surface area contributed by atoms with Crippen LogP contribution in [0.5, 0.6) is 0 Å². The summed E-state index contributed by atoms with van der Waals surface area (Å²) in [5.74, 6) is -0.522. The maximum atomic E-state index is 11.9. The van der Waals surface area contributed by atoms with Crippen LogP contribution < -0.4 is 16.4 Å². The SMILES string of the molecule is COC(CN)CC(=O)NCC(=O)Nc1c(C)cccc1C.Cl. The molecule has 1 atom stereocenters. The molecule has 0 heterocycles. The summed E-state index contributed by atoms with van der Waals surface area (Å²) in [7, 11) is 1.50. The van der Waals surface area contributed by atoms with E-state index >= 15 is 0 Å². The molecule has 0 bridgehead atoms. The van der Waals surface area contributed by atoms with E-state index in [1.54, 1.807) is 0 Å². The Kier molecular flexibility index (Phi) is 9.40. The third kappa shape index (κ3) is 6.43. The lowest BCUT2D eigenvalue weighted by Gasteiger charge is -2.14. The van der Waals surface area contributed by atoms with Gasteiger partial charge in [-0.25, -0.2) is 0 Å². The Balaban J connectivity index is 0.00000441. The highest BCUT2D eigenvalue weighted by atomic mass is 35.5. The summed E-state index contributed by atoms with van der Waals surface area (Å²) < 4.78 is 5.02. The number of ether oxygens (including phenoxy) is 1. The minimum Gasteiger partial charge on any atom is -0.380 e. The zero-order valence-corrected chi connectivity index (χ0v) is 14.0. The van der Waals surface area contributed by atoms with Gasteiger partial charge in [0.15, 0.2) is 0 Å². The van der Waals surface area contributed by atoms with Gasteiger partial charge in [0.2, 0.25) is 11.8 Å². The molecule has 0 radical (unpaired) electrons. The van der Waals surface area contributed by atoms with Crippen molar-refractivity contribution in [3.63, 3.8) is 0 Å². The quantitative estimate of drug-likeness (QED) is 0.699. The highest BCUT2D eigenvalue weighted by molar-refractivity contribution is 5.95. The molecular weight excluding hydrogens is 306 g/mol. The van der Waals surface area contributed by atoms with Gasteiger partial charge < -0.3 is 21.1 Å². The monoisotopic (exact) mass is 329 g/mol. The number of aryl methyl sites for hydroxylation is 2. The van der Waals surface area contributed by atoms with Crippen LogP contribution in [0.15, 0.2) is 18.2 Å². The number of hydrogen-bond donors (Lipinski definition) is 3. The fraction of sp³-hybridized carbons (Fsp3) is 0.467. The number of hydrogen-bond acceptors (Lipinski definition) is 4. The first kappa shape index (κ1) is 20.4. The van der Waals surface area contributed by atoms with Crippen molar-refractivity contribution >= 4 is 29.9 Å². The van der Waals surface area contributed by atoms with Crippen molar-refractivity contribution in [3.8, 4) is 0 Å². The van der Waals surface area contributed by atoms with Gasteiger partial charge in [0, 0.05) is 19.3 Å². The largest absolute Gasteiger partial charge is 0.380 e. The first-order chi connectivity index (χ1) is 9.97. The molecule has 0 aliphatic heterocycles. The molecule has 0 saturated carbocycles. The van der Waals surface area contributed by atoms with Crippen molar-refractivity contribution < 1.29 is 14.3 Å². The molecule has 0 aromatic heterocycles. The van der Waals surface area contributed by atoms with E-state index < -0.39 is 0 Å². The van der Waals surface area contributed by atoms with Crippen LogP contribution in [-0.2, 0) is 14.3 Å². The average molecular weight is 330 g/mol. The Morgan fingerprint density at radius 2 is 1.82 bits per heavy atom. The van der Waals surface area contributed by atoms with Crippen molar-refractivity contribution in [3.05, 3.63) is 29.3 Å². The summed E-state index contributed by atoms with van der Waals surface area (Å²) in [6, 6.07) is 5.77. The smallest absolute Gasteiger partial charge is 0.243 e. The van der Waals surface area contributed by atoms with Gasteiger partial charge in [-0.05, 0) is 25.0 Å². The molecule has 1 aromatic rings. The van der Waals surface area contributed by atoms with Crippen LogP contribution in [0.25, 0.3) is 0 Å². The summed E-state index contributed by atoms with van der Waals surface area (Å²) in [6.07, 6.45) is -0.185. The maximum Gasteiger partial charge on any atom is 0.243 e. The van der Waals surface area contributed by atoms with E-state index in [2.05, 4.69) is 10.6 Å². The molecule has 0 fully saturated rings. The molecule has 0 aliphatic carbocycles. The highest BCUT2D eigenvalue weighted by Gasteiger charge is 2.13. The molecule has 6 nitrogen and oxygen atoms in total. The van der Waals surface area contributed by atoms with Gasteiger partial charge in [-0.3, -0.25) is 9.59 Å². The van der Waals surface area contributed by atoms with Crippen LogP contribution in [-0.4, -0.2) is 38.1 Å². The summed E-state index contributed by atoms with van der Waals surface area (Å²) in [5, 5.41) is 5.36. The first-order valence-electron chi connectivity index (χ1n) is 6.83. The summed E-state index contributed by atoms with van der Waals surface area (Å²) in [4.78, 5) is 23.5. The minimum atomic E-state index is -0.327. The molecule has 1 aromatic carbocycles. The molecule has 0 spiro atoms. The van der Waals surface area contributed by atoms with E-state index in [0.29, 0.717) is 0 Å². The molecule has 0 aliphatic rings. The van der Waals surface area contributed by atoms with Gasteiger partial charge in [0.25, 0.3) is 0 Å². The second-order valence-electron chi connectivity index (χ2n) is 4.89. The number of benzene rings is 1. The molecule has 1 unspecified atom stereocenters. The topological polar surface area (TPSA) is 93.4 Å². The second kappa shape index (κ2) is 10.2. The fourth-order valence-corrected chi connectivity index (χ4v) is 1.92. The molecule has 4 N–H and O–H groups in total. The van der Waals surface area contributed by atoms with E-state index in [1.165, 1.54) is 7.11 Å². The average Bonchev–Trinajstić information content (AvgIpc) is 2.46. The zero-order chi connectivity index (χ0) is 15.8. The van der Waals surface area contributed by atoms with Gasteiger partial charge in [-0.15, -0.1) is 12.4 Å². The van der Waals surface area contributed by atoms with Gasteiger partial charge >= 0.3 is 0 Å². The van der Waals surface area contributed by atoms with Gasteiger partial charge in [0.1, 0.15) is 0 Å². The summed E-state index contributed by atoms with van der Waals surface area (Å²) in [5.41, 5.74) is 8.19. The van der Waals surface area contributed by atoms with Crippen LogP contribution in [0.3, 0.4) is 0 Å². The van der Waals surface area contributed by atoms with Gasteiger partial charge in [-0.2, -0.15) is 0 Å². The molecule has 0 saturated heterocycles. The molecule has 1 rings (SSSR count). The van der Waals surface area contributed by atoms with Crippen molar-refractivity contribution in [1.29, 1.82) is 0 Å². The molecular formula is C15H24ClN3O3. The standard InChI is InChI=1S/C15H23N3O3.ClH/c1-10-5-4-6-11(2)15(10)18-14(20)9-17-13(19)7-12(8-16)21-3;/h4-6,12H,7-9,16H2,1-3H3,(H,17,19)(H,18,20);1H. The summed E-state index contributed by atoms with van der Waals surface area (Å²) >= 11 is 0. The predicted molar refractivity (Wildman–Crippen MR) is 89.3 cm³/mol. The number of nitrogens with two attached hydrogens (primary N) is 1. The number of amides is 2. The Hall–Kier alpha value is -1.63. The van der Waals surface area contributed by atoms with E-state index in [1.807, 2.05) is 32.0 Å². The predicted octanol–water partition coefficient (Wildman–Crippen LogP) is 1.14.